The molecule has 3 heterocycles. The Morgan fingerprint density at radius 1 is 1.31 bits per heavy atom. The molecule has 5 heteroatoms. The van der Waals surface area contributed by atoms with Crippen LogP contribution < -0.4 is 5.73 Å². The standard InChI is InChI=1S/C11H10N4S/c1-15-8-6-13-5-4-7(8)14-11(15)9-2-3-10(12)16-9/h2-6H,12H2,1H3. The van der Waals surface area contributed by atoms with Gasteiger partial charge in [-0.3, -0.25) is 4.98 Å². The van der Waals surface area contributed by atoms with E-state index in [1.54, 1.807) is 17.5 Å². The molecule has 0 saturated heterocycles. The Kier molecular flexibility index (Phi) is 1.94. The van der Waals surface area contributed by atoms with E-state index in [1.165, 1.54) is 0 Å². The lowest BCUT2D eigenvalue weighted by atomic mass is 10.4. The molecule has 0 saturated carbocycles. The number of aromatic nitrogens is 3. The molecule has 80 valence electrons. The van der Waals surface area contributed by atoms with Crippen molar-refractivity contribution >= 4 is 27.4 Å². The molecule has 0 atom stereocenters. The highest BCUT2D eigenvalue weighted by Gasteiger charge is 2.10. The Balaban J connectivity index is 2.28. The van der Waals surface area contributed by atoms with Crippen molar-refractivity contribution in [1.29, 1.82) is 0 Å². The average Bonchev–Trinajstić information content (AvgIpc) is 2.84. The Morgan fingerprint density at radius 2 is 2.19 bits per heavy atom. The third-order valence-corrected chi connectivity index (χ3v) is 3.44. The van der Waals surface area contributed by atoms with Gasteiger partial charge in [-0.1, -0.05) is 0 Å². The summed E-state index contributed by atoms with van der Waals surface area (Å²) in [5.74, 6) is 0.935. The van der Waals surface area contributed by atoms with Crippen molar-refractivity contribution in [2.24, 2.45) is 7.05 Å². The van der Waals surface area contributed by atoms with Gasteiger partial charge in [-0.15, -0.1) is 11.3 Å². The molecule has 0 fully saturated rings. The van der Waals surface area contributed by atoms with Gasteiger partial charge < -0.3 is 10.3 Å². The van der Waals surface area contributed by atoms with E-state index in [9.17, 15) is 0 Å². The largest absolute Gasteiger partial charge is 0.391 e. The van der Waals surface area contributed by atoms with Crippen molar-refractivity contribution < 1.29 is 0 Å². The second kappa shape index (κ2) is 3.31. The quantitative estimate of drug-likeness (QED) is 0.697. The second-order valence-corrected chi connectivity index (χ2v) is 4.68. The summed E-state index contributed by atoms with van der Waals surface area (Å²) in [5.41, 5.74) is 7.72. The summed E-state index contributed by atoms with van der Waals surface area (Å²) in [6.45, 7) is 0. The van der Waals surface area contributed by atoms with E-state index >= 15 is 0 Å². The van der Waals surface area contributed by atoms with E-state index in [1.807, 2.05) is 36.0 Å². The first-order valence-electron chi connectivity index (χ1n) is 4.88. The highest BCUT2D eigenvalue weighted by Crippen LogP contribution is 2.30. The van der Waals surface area contributed by atoms with Gasteiger partial charge in [0.05, 0.1) is 27.1 Å². The molecule has 0 amide bonds. The molecule has 0 aliphatic heterocycles. The summed E-state index contributed by atoms with van der Waals surface area (Å²) < 4.78 is 2.04. The lowest BCUT2D eigenvalue weighted by Gasteiger charge is -1.97. The fourth-order valence-corrected chi connectivity index (χ4v) is 2.53. The molecule has 0 bridgehead atoms. The number of hydrogen-bond donors (Lipinski definition) is 1. The maximum Gasteiger partial charge on any atom is 0.151 e. The predicted molar refractivity (Wildman–Crippen MR) is 66.2 cm³/mol. The molecular weight excluding hydrogens is 220 g/mol. The molecule has 4 nitrogen and oxygen atoms in total. The molecule has 16 heavy (non-hydrogen) atoms. The van der Waals surface area contributed by atoms with Gasteiger partial charge in [0.15, 0.2) is 5.82 Å². The lowest BCUT2D eigenvalue weighted by molar-refractivity contribution is 0.960. The molecule has 3 aromatic heterocycles. The maximum atomic E-state index is 5.73. The van der Waals surface area contributed by atoms with Crippen LogP contribution in [0.15, 0.2) is 30.6 Å². The molecule has 3 aromatic rings. The number of rotatable bonds is 1. The van der Waals surface area contributed by atoms with E-state index in [4.69, 9.17) is 5.73 Å². The zero-order chi connectivity index (χ0) is 11.1. The van der Waals surface area contributed by atoms with Gasteiger partial charge in [0.1, 0.15) is 0 Å². The average molecular weight is 230 g/mol. The minimum Gasteiger partial charge on any atom is -0.391 e. The number of nitrogens with zero attached hydrogens (tertiary/aromatic N) is 3. The van der Waals surface area contributed by atoms with Crippen LogP contribution in [-0.2, 0) is 7.05 Å². The normalized spacial score (nSPS) is 11.1. The van der Waals surface area contributed by atoms with Crippen molar-refractivity contribution in [1.82, 2.24) is 14.5 Å². The number of fused-ring (bicyclic) bond motifs is 1. The van der Waals surface area contributed by atoms with Crippen LogP contribution in [0.5, 0.6) is 0 Å². The van der Waals surface area contributed by atoms with Crippen LogP contribution in [0.1, 0.15) is 0 Å². The van der Waals surface area contributed by atoms with Gasteiger partial charge in [0.25, 0.3) is 0 Å². The third kappa shape index (κ3) is 1.29. The van der Waals surface area contributed by atoms with E-state index in [0.717, 1.165) is 26.7 Å². The number of imidazole rings is 1. The molecule has 0 aliphatic carbocycles. The number of nitrogen functional groups attached to an aromatic ring is 1. The van der Waals surface area contributed by atoms with Crippen LogP contribution in [0.25, 0.3) is 21.7 Å². The minimum atomic E-state index is 0.806. The first-order chi connectivity index (χ1) is 7.75. The molecular formula is C11H10N4S. The van der Waals surface area contributed by atoms with Gasteiger partial charge in [0.2, 0.25) is 0 Å². The smallest absolute Gasteiger partial charge is 0.151 e. The number of nitrogens with two attached hydrogens (primary N) is 1. The Hall–Kier alpha value is -1.88. The Bertz CT molecular complexity index is 653. The van der Waals surface area contributed by atoms with Gasteiger partial charge in [-0.05, 0) is 18.2 Å². The molecule has 0 aromatic carbocycles. The van der Waals surface area contributed by atoms with Gasteiger partial charge in [0, 0.05) is 13.2 Å². The molecule has 0 aliphatic rings. The summed E-state index contributed by atoms with van der Waals surface area (Å²) in [6, 6.07) is 5.81. The molecule has 2 N–H and O–H groups in total. The highest BCUT2D eigenvalue weighted by molar-refractivity contribution is 7.19. The maximum absolute atomic E-state index is 5.73. The zero-order valence-corrected chi connectivity index (χ0v) is 9.53. The first-order valence-corrected chi connectivity index (χ1v) is 5.69. The Labute approximate surface area is 96.4 Å². The van der Waals surface area contributed by atoms with Crippen molar-refractivity contribution in [3.8, 4) is 10.7 Å². The van der Waals surface area contributed by atoms with Crippen LogP contribution in [-0.4, -0.2) is 14.5 Å². The van der Waals surface area contributed by atoms with Crippen LogP contribution >= 0.6 is 11.3 Å². The number of aryl methyl sites for hydroxylation is 1. The third-order valence-electron chi connectivity index (χ3n) is 2.53. The number of anilines is 1. The number of thiophene rings is 1. The number of pyridine rings is 1. The summed E-state index contributed by atoms with van der Waals surface area (Å²) >= 11 is 1.54. The van der Waals surface area contributed by atoms with Crippen LogP contribution in [0.4, 0.5) is 5.00 Å². The predicted octanol–water partition coefficient (Wildman–Crippen LogP) is 2.28. The van der Waals surface area contributed by atoms with Gasteiger partial charge in [-0.2, -0.15) is 0 Å². The lowest BCUT2D eigenvalue weighted by Crippen LogP contribution is -1.90. The molecule has 3 rings (SSSR count). The minimum absolute atomic E-state index is 0.806. The van der Waals surface area contributed by atoms with E-state index in [-0.39, 0.29) is 0 Å². The fraction of sp³-hybridized carbons (Fsp3) is 0.0909. The van der Waals surface area contributed by atoms with E-state index in [2.05, 4.69) is 9.97 Å². The summed E-state index contributed by atoms with van der Waals surface area (Å²) in [4.78, 5) is 9.76. The Morgan fingerprint density at radius 3 is 2.88 bits per heavy atom. The first kappa shape index (κ1) is 9.35. The van der Waals surface area contributed by atoms with Crippen LogP contribution in [0.2, 0.25) is 0 Å². The molecule has 0 spiro atoms. The summed E-state index contributed by atoms with van der Waals surface area (Å²) in [6.07, 6.45) is 3.57. The second-order valence-electron chi connectivity index (χ2n) is 3.56. The van der Waals surface area contributed by atoms with Gasteiger partial charge >= 0.3 is 0 Å². The summed E-state index contributed by atoms with van der Waals surface area (Å²) in [7, 11) is 1.99. The molecule has 0 unspecified atom stereocenters. The van der Waals surface area contributed by atoms with Crippen LogP contribution in [0.3, 0.4) is 0 Å². The van der Waals surface area contributed by atoms with Crippen molar-refractivity contribution in [3.63, 3.8) is 0 Å². The van der Waals surface area contributed by atoms with Crippen molar-refractivity contribution in [3.05, 3.63) is 30.6 Å². The van der Waals surface area contributed by atoms with E-state index in [0.29, 0.717) is 0 Å². The number of hydrogen-bond acceptors (Lipinski definition) is 4. The van der Waals surface area contributed by atoms with E-state index < -0.39 is 0 Å². The topological polar surface area (TPSA) is 56.7 Å². The highest BCUT2D eigenvalue weighted by atomic mass is 32.1. The SMILES string of the molecule is Cn1c(-c2ccc(N)s2)nc2ccncc21. The summed E-state index contributed by atoms with van der Waals surface area (Å²) in [5, 5.41) is 0.806. The van der Waals surface area contributed by atoms with Gasteiger partial charge in [-0.25, -0.2) is 4.98 Å². The van der Waals surface area contributed by atoms with Crippen LogP contribution in [0, 0.1) is 0 Å². The fourth-order valence-electron chi connectivity index (χ4n) is 1.73. The monoisotopic (exact) mass is 230 g/mol. The van der Waals surface area contributed by atoms with Crippen molar-refractivity contribution in [2.45, 2.75) is 0 Å². The van der Waals surface area contributed by atoms with Crippen molar-refractivity contribution in [2.75, 3.05) is 5.73 Å². The molecule has 0 radical (unpaired) electrons. The zero-order valence-electron chi connectivity index (χ0n) is 8.71.